The van der Waals surface area contributed by atoms with Gasteiger partial charge >= 0.3 is 5.97 Å². The molecule has 0 aromatic heterocycles. The lowest BCUT2D eigenvalue weighted by Gasteiger charge is -2.19. The van der Waals surface area contributed by atoms with Gasteiger partial charge in [0.05, 0.1) is 25.2 Å². The Kier molecular flexibility index (Phi) is 10.8. The number of benzene rings is 2. The molecule has 1 atom stereocenters. The van der Waals surface area contributed by atoms with Gasteiger partial charge in [-0.2, -0.15) is 4.91 Å². The average Bonchev–Trinajstić information content (AvgIpc) is 2.76. The molecule has 0 fully saturated rings. The monoisotopic (exact) mass is 479 g/mol. The van der Waals surface area contributed by atoms with Crippen molar-refractivity contribution in [1.82, 2.24) is 0 Å². The molecule has 6 nitrogen and oxygen atoms in total. The third kappa shape index (κ3) is 7.14. The van der Waals surface area contributed by atoms with E-state index in [1.165, 1.54) is 0 Å². The first-order chi connectivity index (χ1) is 15.4. The molecule has 0 aliphatic rings. The number of carbonyl (C=O) groups is 1. The van der Waals surface area contributed by atoms with Crippen LogP contribution in [0.3, 0.4) is 0 Å². The van der Waals surface area contributed by atoms with Crippen molar-refractivity contribution in [1.29, 1.82) is 0 Å². The molecule has 0 saturated carbocycles. The van der Waals surface area contributed by atoms with Gasteiger partial charge in [-0.1, -0.05) is 43.1 Å². The van der Waals surface area contributed by atoms with E-state index in [1.54, 1.807) is 31.0 Å². The zero-order valence-electron chi connectivity index (χ0n) is 18.7. The Morgan fingerprint density at radius 2 is 2.03 bits per heavy atom. The van der Waals surface area contributed by atoms with Gasteiger partial charge in [-0.25, -0.2) is 0 Å². The second-order valence-corrected chi connectivity index (χ2v) is 8.87. The fourth-order valence-corrected chi connectivity index (χ4v) is 4.68. The lowest BCUT2D eigenvalue weighted by molar-refractivity contribution is -0.136. The van der Waals surface area contributed by atoms with E-state index >= 15 is 0 Å². The number of nitroso groups, excluding NO2 is 1. The minimum absolute atomic E-state index is 0.0389. The van der Waals surface area contributed by atoms with Crippen LogP contribution in [0.1, 0.15) is 55.8 Å². The maximum atomic E-state index is 11.2. The summed E-state index contributed by atoms with van der Waals surface area (Å²) in [6, 6.07) is 8.70. The number of hydrogen-bond acceptors (Lipinski definition) is 6. The van der Waals surface area contributed by atoms with Crippen molar-refractivity contribution in [2.75, 3.05) is 19.5 Å². The zero-order chi connectivity index (χ0) is 23.5. The van der Waals surface area contributed by atoms with Gasteiger partial charge in [0, 0.05) is 21.8 Å². The second-order valence-electron chi connectivity index (χ2n) is 7.33. The van der Waals surface area contributed by atoms with Crippen molar-refractivity contribution < 1.29 is 19.4 Å². The number of hydrogen-bond donors (Lipinski definition) is 1. The van der Waals surface area contributed by atoms with Gasteiger partial charge < -0.3 is 14.6 Å². The largest absolute Gasteiger partial charge is 0.496 e. The number of nitrogens with zero attached hydrogens (tertiary/aromatic N) is 1. The third-order valence-electron chi connectivity index (χ3n) is 4.98. The molecule has 0 amide bonds. The summed E-state index contributed by atoms with van der Waals surface area (Å²) < 4.78 is 11.7. The van der Waals surface area contributed by atoms with Crippen LogP contribution in [0.25, 0.3) is 0 Å². The fraction of sp³-hybridized carbons (Fsp3) is 0.458. The van der Waals surface area contributed by atoms with E-state index in [-0.39, 0.29) is 6.42 Å². The van der Waals surface area contributed by atoms with Crippen LogP contribution in [0.4, 0.5) is 0 Å². The van der Waals surface area contributed by atoms with Crippen LogP contribution in [-0.4, -0.2) is 30.5 Å². The van der Waals surface area contributed by atoms with Gasteiger partial charge in [0.1, 0.15) is 17.5 Å². The van der Waals surface area contributed by atoms with Crippen molar-refractivity contribution in [2.24, 2.45) is 5.18 Å². The Bertz CT molecular complexity index is 922. The lowest BCUT2D eigenvalue weighted by Crippen LogP contribution is -2.06. The van der Waals surface area contributed by atoms with E-state index in [1.807, 2.05) is 25.1 Å². The molecule has 8 heteroatoms. The molecule has 2 rings (SSSR count). The first kappa shape index (κ1) is 26.0. The highest BCUT2D eigenvalue weighted by Crippen LogP contribution is 2.39. The Labute approximate surface area is 198 Å². The first-order valence-corrected chi connectivity index (χ1v) is 12.1. The molecule has 174 valence electrons. The van der Waals surface area contributed by atoms with Crippen molar-refractivity contribution >= 4 is 29.3 Å². The lowest BCUT2D eigenvalue weighted by atomic mass is 9.97. The normalized spacial score (nSPS) is 11.8. The predicted molar refractivity (Wildman–Crippen MR) is 129 cm³/mol. The Hall–Kier alpha value is -2.25. The predicted octanol–water partition coefficient (Wildman–Crippen LogP) is 6.71. The summed E-state index contributed by atoms with van der Waals surface area (Å²) in [5.74, 6) is 1.40. The number of thioether (sulfide) groups is 1. The summed E-state index contributed by atoms with van der Waals surface area (Å²) in [5.41, 5.74) is 2.46. The van der Waals surface area contributed by atoms with Gasteiger partial charge in [-0.05, 0) is 49.1 Å². The molecule has 0 spiro atoms. The maximum Gasteiger partial charge on any atom is 0.307 e. The van der Waals surface area contributed by atoms with Gasteiger partial charge in [-0.3, -0.25) is 4.79 Å². The average molecular weight is 480 g/mol. The Morgan fingerprint density at radius 3 is 2.62 bits per heavy atom. The van der Waals surface area contributed by atoms with Crippen molar-refractivity contribution in [2.45, 2.75) is 56.9 Å². The molecule has 32 heavy (non-hydrogen) atoms. The molecular weight excluding hydrogens is 450 g/mol. The number of aliphatic carboxylic acids is 1. The highest BCUT2D eigenvalue weighted by Gasteiger charge is 2.21. The quantitative estimate of drug-likeness (QED) is 0.184. The number of methoxy groups -OCH3 is 1. The van der Waals surface area contributed by atoms with Gasteiger partial charge in [0.2, 0.25) is 0 Å². The molecule has 1 N–H and O–H groups in total. The van der Waals surface area contributed by atoms with Crippen molar-refractivity contribution in [3.8, 4) is 11.5 Å². The van der Waals surface area contributed by atoms with Crippen LogP contribution in [0.5, 0.6) is 11.5 Å². The molecular formula is C24H30ClNO5S. The van der Waals surface area contributed by atoms with Gasteiger partial charge in [0.25, 0.3) is 0 Å². The Morgan fingerprint density at radius 1 is 1.25 bits per heavy atom. The molecule has 0 saturated heterocycles. The zero-order valence-corrected chi connectivity index (χ0v) is 20.3. The Balaban J connectivity index is 1.99. The molecule has 0 heterocycles. The fourth-order valence-electron chi connectivity index (χ4n) is 3.47. The van der Waals surface area contributed by atoms with Crippen LogP contribution in [-0.2, 0) is 17.6 Å². The molecule has 2 aromatic carbocycles. The van der Waals surface area contributed by atoms with E-state index < -0.39 is 12.0 Å². The van der Waals surface area contributed by atoms with Crippen LogP contribution in [0.2, 0.25) is 5.02 Å². The smallest absolute Gasteiger partial charge is 0.307 e. The summed E-state index contributed by atoms with van der Waals surface area (Å²) in [4.78, 5) is 23.0. The van der Waals surface area contributed by atoms with Crippen LogP contribution < -0.4 is 9.47 Å². The topological polar surface area (TPSA) is 85.2 Å². The van der Waals surface area contributed by atoms with E-state index in [9.17, 15) is 9.70 Å². The number of carboxylic acid groups (broad SMARTS) is 1. The van der Waals surface area contributed by atoms with Crippen LogP contribution in [0.15, 0.2) is 40.4 Å². The summed E-state index contributed by atoms with van der Waals surface area (Å²) in [6.45, 7) is 4.55. The highest BCUT2D eigenvalue weighted by atomic mass is 35.5. The minimum atomic E-state index is -0.877. The van der Waals surface area contributed by atoms with Gasteiger partial charge in [0.15, 0.2) is 0 Å². The van der Waals surface area contributed by atoms with E-state index in [0.717, 1.165) is 46.8 Å². The molecule has 0 aliphatic carbocycles. The summed E-state index contributed by atoms with van der Waals surface area (Å²) in [7, 11) is 1.61. The molecule has 0 aliphatic heterocycles. The first-order valence-electron chi connectivity index (χ1n) is 10.7. The number of halogens is 1. The number of carboxylic acids is 1. The number of rotatable bonds is 14. The summed E-state index contributed by atoms with van der Waals surface area (Å²) in [6.07, 6.45) is 3.09. The summed E-state index contributed by atoms with van der Waals surface area (Å²) >= 11 is 7.90. The third-order valence-corrected chi connectivity index (χ3v) is 6.57. The maximum absolute atomic E-state index is 11.2. The SMILES string of the molecule is CCCc1c(OCCCSc2ccc(CC(=O)O)cc2Cl)ccc(C(CC)N=O)c1OC. The highest BCUT2D eigenvalue weighted by molar-refractivity contribution is 7.99. The second kappa shape index (κ2) is 13.3. The molecule has 0 radical (unpaired) electrons. The van der Waals surface area contributed by atoms with E-state index in [0.29, 0.717) is 29.4 Å². The number of ether oxygens (including phenoxy) is 2. The van der Waals surface area contributed by atoms with E-state index in [4.69, 9.17) is 26.2 Å². The standard InChI is InChI=1S/C24H30ClNO5S/c1-4-7-18-21(10-9-17(24(18)30-3)20(5-2)26-29)31-12-6-13-32-22-11-8-16(14-19(22)25)15-23(27)28/h8-11,14,20H,4-7,12-13,15H2,1-3H3,(H,27,28). The van der Waals surface area contributed by atoms with Crippen LogP contribution in [0, 0.1) is 4.91 Å². The molecule has 1 unspecified atom stereocenters. The summed E-state index contributed by atoms with van der Waals surface area (Å²) in [5, 5.41) is 12.7. The van der Waals surface area contributed by atoms with Crippen LogP contribution >= 0.6 is 23.4 Å². The van der Waals surface area contributed by atoms with Gasteiger partial charge in [-0.15, -0.1) is 11.8 Å². The van der Waals surface area contributed by atoms with Crippen molar-refractivity contribution in [3.63, 3.8) is 0 Å². The van der Waals surface area contributed by atoms with Crippen molar-refractivity contribution in [3.05, 3.63) is 57.0 Å². The molecule has 2 aromatic rings. The molecule has 0 bridgehead atoms. The minimum Gasteiger partial charge on any atom is -0.496 e. The van der Waals surface area contributed by atoms with E-state index in [2.05, 4.69) is 12.1 Å².